The van der Waals surface area contributed by atoms with Crippen LogP contribution in [0.15, 0.2) is 41.0 Å². The van der Waals surface area contributed by atoms with Crippen molar-refractivity contribution in [2.24, 2.45) is 0 Å². The van der Waals surface area contributed by atoms with Gasteiger partial charge in [-0.3, -0.25) is 4.98 Å². The zero-order chi connectivity index (χ0) is 13.1. The molecule has 0 bridgehead atoms. The van der Waals surface area contributed by atoms with Gasteiger partial charge >= 0.3 is 0 Å². The van der Waals surface area contributed by atoms with Gasteiger partial charge in [-0.1, -0.05) is 34.1 Å². The maximum atomic E-state index is 10.2. The summed E-state index contributed by atoms with van der Waals surface area (Å²) in [6.07, 6.45) is 1.86. The van der Waals surface area contributed by atoms with Crippen molar-refractivity contribution in [2.45, 2.75) is 26.4 Å². The van der Waals surface area contributed by atoms with Gasteiger partial charge in [0.05, 0.1) is 6.10 Å². The van der Waals surface area contributed by atoms with Crippen LogP contribution in [-0.4, -0.2) is 10.1 Å². The van der Waals surface area contributed by atoms with E-state index < -0.39 is 6.10 Å². The molecule has 1 heterocycles. The summed E-state index contributed by atoms with van der Waals surface area (Å²) in [7, 11) is 0. The molecule has 1 atom stereocenters. The van der Waals surface area contributed by atoms with Gasteiger partial charge in [0.2, 0.25) is 0 Å². The second kappa shape index (κ2) is 5.63. The van der Waals surface area contributed by atoms with Crippen LogP contribution in [0.2, 0.25) is 0 Å². The molecule has 94 valence electrons. The van der Waals surface area contributed by atoms with Crippen LogP contribution in [0.25, 0.3) is 0 Å². The zero-order valence-electron chi connectivity index (χ0n) is 10.5. The lowest BCUT2D eigenvalue weighted by Crippen LogP contribution is -2.03. The molecule has 1 N–H and O–H groups in total. The summed E-state index contributed by atoms with van der Waals surface area (Å²) in [6.45, 7) is 4.02. The van der Waals surface area contributed by atoms with Crippen molar-refractivity contribution in [1.82, 2.24) is 4.98 Å². The first-order valence-corrected chi connectivity index (χ1v) is 6.71. The van der Waals surface area contributed by atoms with Gasteiger partial charge in [0.25, 0.3) is 0 Å². The Morgan fingerprint density at radius 3 is 2.61 bits per heavy atom. The van der Waals surface area contributed by atoms with E-state index in [9.17, 15) is 5.11 Å². The van der Waals surface area contributed by atoms with Crippen molar-refractivity contribution in [3.05, 3.63) is 63.4 Å². The molecule has 2 aromatic rings. The van der Waals surface area contributed by atoms with E-state index >= 15 is 0 Å². The molecule has 0 fully saturated rings. The SMILES string of the molecule is Cc1ccc(CC(O)c2ccc(Br)c(C)c2)nc1. The Labute approximate surface area is 116 Å². The number of pyridine rings is 1. The van der Waals surface area contributed by atoms with E-state index in [1.807, 2.05) is 50.4 Å². The number of nitrogens with zero attached hydrogens (tertiary/aromatic N) is 1. The standard InChI is InChI=1S/C15H16BrNO/c1-10-3-5-13(17-9-10)8-15(18)12-4-6-14(16)11(2)7-12/h3-7,9,15,18H,8H2,1-2H3. The minimum Gasteiger partial charge on any atom is -0.388 e. The number of aliphatic hydroxyl groups is 1. The minimum atomic E-state index is -0.507. The highest BCUT2D eigenvalue weighted by atomic mass is 79.9. The van der Waals surface area contributed by atoms with Crippen molar-refractivity contribution in [3.63, 3.8) is 0 Å². The molecule has 0 amide bonds. The van der Waals surface area contributed by atoms with Crippen molar-refractivity contribution in [2.75, 3.05) is 0 Å². The first-order chi connectivity index (χ1) is 8.56. The highest BCUT2D eigenvalue weighted by Gasteiger charge is 2.10. The molecule has 0 spiro atoms. The number of aromatic nitrogens is 1. The molecule has 0 aliphatic heterocycles. The Kier molecular flexibility index (Phi) is 4.15. The number of benzene rings is 1. The van der Waals surface area contributed by atoms with Crippen LogP contribution < -0.4 is 0 Å². The van der Waals surface area contributed by atoms with Crippen molar-refractivity contribution < 1.29 is 5.11 Å². The van der Waals surface area contributed by atoms with E-state index in [0.717, 1.165) is 26.9 Å². The van der Waals surface area contributed by atoms with Crippen molar-refractivity contribution in [1.29, 1.82) is 0 Å². The fraction of sp³-hybridized carbons (Fsp3) is 0.267. The largest absolute Gasteiger partial charge is 0.388 e. The van der Waals surface area contributed by atoms with E-state index in [1.54, 1.807) is 0 Å². The molecule has 2 rings (SSSR count). The number of rotatable bonds is 3. The second-order valence-electron chi connectivity index (χ2n) is 4.56. The Balaban J connectivity index is 2.13. The van der Waals surface area contributed by atoms with Gasteiger partial charge in [0.15, 0.2) is 0 Å². The van der Waals surface area contributed by atoms with Gasteiger partial charge < -0.3 is 5.11 Å². The minimum absolute atomic E-state index is 0.507. The average Bonchev–Trinajstić information content (AvgIpc) is 2.35. The molecule has 0 aliphatic rings. The molecule has 3 heteroatoms. The lowest BCUT2D eigenvalue weighted by atomic mass is 10.0. The third-order valence-electron chi connectivity index (χ3n) is 2.94. The molecular formula is C15H16BrNO. The van der Waals surface area contributed by atoms with Crippen LogP contribution in [-0.2, 0) is 6.42 Å². The van der Waals surface area contributed by atoms with Crippen LogP contribution in [0.5, 0.6) is 0 Å². The highest BCUT2D eigenvalue weighted by Crippen LogP contribution is 2.23. The van der Waals surface area contributed by atoms with Crippen LogP contribution >= 0.6 is 15.9 Å². The fourth-order valence-electron chi connectivity index (χ4n) is 1.81. The molecule has 1 unspecified atom stereocenters. The third-order valence-corrected chi connectivity index (χ3v) is 3.83. The second-order valence-corrected chi connectivity index (χ2v) is 5.41. The zero-order valence-corrected chi connectivity index (χ0v) is 12.1. The quantitative estimate of drug-likeness (QED) is 0.937. The number of hydrogen-bond donors (Lipinski definition) is 1. The molecule has 1 aromatic carbocycles. The van der Waals surface area contributed by atoms with Crippen LogP contribution in [0.1, 0.15) is 28.5 Å². The Hall–Kier alpha value is -1.19. The lowest BCUT2D eigenvalue weighted by molar-refractivity contribution is 0.177. The average molecular weight is 306 g/mol. The summed E-state index contributed by atoms with van der Waals surface area (Å²) < 4.78 is 1.06. The summed E-state index contributed by atoms with van der Waals surface area (Å²) in [4.78, 5) is 4.31. The van der Waals surface area contributed by atoms with E-state index in [4.69, 9.17) is 0 Å². The number of aryl methyl sites for hydroxylation is 2. The monoisotopic (exact) mass is 305 g/mol. The molecule has 0 aliphatic carbocycles. The summed E-state index contributed by atoms with van der Waals surface area (Å²) in [5.74, 6) is 0. The lowest BCUT2D eigenvalue weighted by Gasteiger charge is -2.12. The summed E-state index contributed by atoms with van der Waals surface area (Å²) in [5.41, 5.74) is 4.10. The van der Waals surface area contributed by atoms with Gasteiger partial charge in [-0.25, -0.2) is 0 Å². The molecule has 0 saturated heterocycles. The Bertz CT molecular complexity index is 537. The molecular weight excluding hydrogens is 290 g/mol. The Morgan fingerprint density at radius 2 is 2.00 bits per heavy atom. The molecule has 2 nitrogen and oxygen atoms in total. The van der Waals surface area contributed by atoms with Crippen LogP contribution in [0, 0.1) is 13.8 Å². The summed E-state index contributed by atoms with van der Waals surface area (Å²) in [5, 5.41) is 10.2. The molecule has 0 saturated carbocycles. The summed E-state index contributed by atoms with van der Waals surface area (Å²) in [6, 6.07) is 9.89. The van der Waals surface area contributed by atoms with Crippen LogP contribution in [0.4, 0.5) is 0 Å². The number of aliphatic hydroxyl groups excluding tert-OH is 1. The predicted octanol–water partition coefficient (Wildman–Crippen LogP) is 3.74. The molecule has 0 radical (unpaired) electrons. The molecule has 1 aromatic heterocycles. The predicted molar refractivity (Wildman–Crippen MR) is 76.5 cm³/mol. The van der Waals surface area contributed by atoms with E-state index in [-0.39, 0.29) is 0 Å². The number of halogens is 1. The van der Waals surface area contributed by atoms with Gasteiger partial charge in [-0.05, 0) is 42.7 Å². The maximum Gasteiger partial charge on any atom is 0.0845 e. The normalized spacial score (nSPS) is 12.4. The maximum absolute atomic E-state index is 10.2. The van der Waals surface area contributed by atoms with Crippen molar-refractivity contribution >= 4 is 15.9 Å². The first-order valence-electron chi connectivity index (χ1n) is 5.92. The van der Waals surface area contributed by atoms with E-state index in [1.165, 1.54) is 0 Å². The molecule has 18 heavy (non-hydrogen) atoms. The number of hydrogen-bond acceptors (Lipinski definition) is 2. The van der Waals surface area contributed by atoms with E-state index in [2.05, 4.69) is 20.9 Å². The first kappa shape index (κ1) is 13.2. The van der Waals surface area contributed by atoms with Gasteiger partial charge in [-0.15, -0.1) is 0 Å². The van der Waals surface area contributed by atoms with E-state index in [0.29, 0.717) is 6.42 Å². The van der Waals surface area contributed by atoms with Crippen LogP contribution in [0.3, 0.4) is 0 Å². The summed E-state index contributed by atoms with van der Waals surface area (Å²) >= 11 is 3.46. The van der Waals surface area contributed by atoms with Gasteiger partial charge in [0.1, 0.15) is 0 Å². The third kappa shape index (κ3) is 3.18. The highest BCUT2D eigenvalue weighted by molar-refractivity contribution is 9.10. The Morgan fingerprint density at radius 1 is 1.22 bits per heavy atom. The van der Waals surface area contributed by atoms with Crippen molar-refractivity contribution in [3.8, 4) is 0 Å². The van der Waals surface area contributed by atoms with Gasteiger partial charge in [-0.2, -0.15) is 0 Å². The smallest absolute Gasteiger partial charge is 0.0845 e. The van der Waals surface area contributed by atoms with Gasteiger partial charge in [0, 0.05) is 22.8 Å². The topological polar surface area (TPSA) is 33.1 Å². The fourth-order valence-corrected chi connectivity index (χ4v) is 2.06.